The number of rotatable bonds is 3. The Hall–Kier alpha value is -1.83. The van der Waals surface area contributed by atoms with Gasteiger partial charge in [0.25, 0.3) is 5.91 Å². The molecule has 114 valence electrons. The molecule has 21 heavy (non-hydrogen) atoms. The van der Waals surface area contributed by atoms with Crippen LogP contribution in [0.3, 0.4) is 0 Å². The van der Waals surface area contributed by atoms with Gasteiger partial charge in [0.2, 0.25) is 0 Å². The number of nitrogens with one attached hydrogen (secondary N) is 1. The largest absolute Gasteiger partial charge is 0.481 e. The zero-order valence-corrected chi connectivity index (χ0v) is 12.7. The Kier molecular flexibility index (Phi) is 4.66. The molecule has 0 bridgehead atoms. The highest BCUT2D eigenvalue weighted by molar-refractivity contribution is 7.98. The quantitative estimate of drug-likeness (QED) is 0.630. The van der Waals surface area contributed by atoms with Crippen LogP contribution in [0.2, 0.25) is 0 Å². The van der Waals surface area contributed by atoms with Crippen molar-refractivity contribution >= 4 is 23.6 Å². The summed E-state index contributed by atoms with van der Waals surface area (Å²) >= 11 is 1.23. The zero-order valence-electron chi connectivity index (χ0n) is 11.9. The molecule has 0 aliphatic carbocycles. The van der Waals surface area contributed by atoms with Gasteiger partial charge in [-0.2, -0.15) is 4.98 Å². The maximum atomic E-state index is 12.6. The molecule has 1 fully saturated rings. The van der Waals surface area contributed by atoms with Crippen molar-refractivity contribution < 1.29 is 14.7 Å². The third-order valence-corrected chi connectivity index (χ3v) is 4.23. The lowest BCUT2D eigenvalue weighted by Gasteiger charge is -2.31. The summed E-state index contributed by atoms with van der Waals surface area (Å²) < 4.78 is 0. The molecule has 7 nitrogen and oxygen atoms in total. The van der Waals surface area contributed by atoms with E-state index in [-0.39, 0.29) is 12.5 Å². The summed E-state index contributed by atoms with van der Waals surface area (Å²) in [5, 5.41) is 9.47. The molecule has 8 heteroatoms. The summed E-state index contributed by atoms with van der Waals surface area (Å²) in [7, 11) is 0. The highest BCUT2D eigenvalue weighted by Gasteiger charge is 2.30. The van der Waals surface area contributed by atoms with E-state index in [2.05, 4.69) is 9.97 Å². The first-order valence-corrected chi connectivity index (χ1v) is 7.83. The number of aromatic nitrogens is 2. The van der Waals surface area contributed by atoms with Crippen molar-refractivity contribution in [3.8, 4) is 0 Å². The zero-order chi connectivity index (χ0) is 15.6. The minimum absolute atomic E-state index is 0.195. The predicted molar refractivity (Wildman–Crippen MR) is 77.6 cm³/mol. The molecule has 1 amide bonds. The Balaban J connectivity index is 2.32. The van der Waals surface area contributed by atoms with Crippen LogP contribution in [-0.4, -0.2) is 51.2 Å². The second-order valence-corrected chi connectivity index (χ2v) is 5.77. The van der Waals surface area contributed by atoms with Gasteiger partial charge in [0.05, 0.1) is 11.5 Å². The van der Waals surface area contributed by atoms with Crippen LogP contribution < -0.4 is 5.69 Å². The summed E-state index contributed by atoms with van der Waals surface area (Å²) in [6, 6.07) is 0. The summed E-state index contributed by atoms with van der Waals surface area (Å²) in [6.45, 7) is 2.37. The van der Waals surface area contributed by atoms with Crippen molar-refractivity contribution in [2.75, 3.05) is 19.3 Å². The molecule has 1 atom stereocenters. The van der Waals surface area contributed by atoms with Gasteiger partial charge in [0.15, 0.2) is 0 Å². The van der Waals surface area contributed by atoms with Gasteiger partial charge in [-0.15, -0.1) is 11.8 Å². The minimum Gasteiger partial charge on any atom is -0.481 e. The number of amides is 1. The van der Waals surface area contributed by atoms with Gasteiger partial charge in [-0.25, -0.2) is 4.79 Å². The van der Waals surface area contributed by atoms with Crippen molar-refractivity contribution in [2.45, 2.75) is 24.8 Å². The van der Waals surface area contributed by atoms with Crippen LogP contribution >= 0.6 is 11.8 Å². The average Bonchev–Trinajstić information content (AvgIpc) is 2.45. The monoisotopic (exact) mass is 311 g/mol. The highest BCUT2D eigenvalue weighted by Crippen LogP contribution is 2.23. The Morgan fingerprint density at radius 3 is 2.81 bits per heavy atom. The fraction of sp³-hybridized carbons (Fsp3) is 0.538. The summed E-state index contributed by atoms with van der Waals surface area (Å²) in [6.07, 6.45) is 2.98. The van der Waals surface area contributed by atoms with Gasteiger partial charge in [0, 0.05) is 18.8 Å². The number of hydrogen-bond acceptors (Lipinski definition) is 5. The van der Waals surface area contributed by atoms with E-state index in [0.717, 1.165) is 0 Å². The smallest absolute Gasteiger partial charge is 0.346 e. The maximum absolute atomic E-state index is 12.6. The second kappa shape index (κ2) is 6.30. The third-order valence-electron chi connectivity index (χ3n) is 3.55. The fourth-order valence-electron chi connectivity index (χ4n) is 2.48. The molecule has 0 spiro atoms. The molecule has 1 aliphatic rings. The number of H-pyrrole nitrogens is 1. The third kappa shape index (κ3) is 3.26. The SMILES string of the molecule is CSc1nc(=O)[nH]c(C)c1C(=O)N1CCC[C@@H](C(=O)O)C1. The first kappa shape index (κ1) is 15.6. The van der Waals surface area contributed by atoms with Crippen LogP contribution in [0.1, 0.15) is 28.9 Å². The van der Waals surface area contributed by atoms with E-state index in [4.69, 9.17) is 5.11 Å². The number of aliphatic carboxylic acids is 1. The number of likely N-dealkylation sites (tertiary alicyclic amines) is 1. The van der Waals surface area contributed by atoms with Gasteiger partial charge >= 0.3 is 11.7 Å². The van der Waals surface area contributed by atoms with Crippen molar-refractivity contribution in [2.24, 2.45) is 5.92 Å². The van der Waals surface area contributed by atoms with E-state index in [9.17, 15) is 14.4 Å². The number of carbonyl (C=O) groups excluding carboxylic acids is 1. The van der Waals surface area contributed by atoms with Gasteiger partial charge in [0.1, 0.15) is 5.03 Å². The van der Waals surface area contributed by atoms with Gasteiger partial charge < -0.3 is 15.0 Å². The summed E-state index contributed by atoms with van der Waals surface area (Å²) in [5.41, 5.74) is 0.324. The number of thioether (sulfide) groups is 1. The Labute approximate surface area is 125 Å². The number of aromatic amines is 1. The standard InChI is InChI=1S/C13H17N3O4S/c1-7-9(10(21-2)15-13(20)14-7)11(17)16-5-3-4-8(6-16)12(18)19/h8H,3-6H2,1-2H3,(H,18,19)(H,14,15,20)/t8-/m1/s1. The van der Waals surface area contributed by atoms with Crippen LogP contribution in [0, 0.1) is 12.8 Å². The number of carboxylic acid groups (broad SMARTS) is 1. The molecule has 0 unspecified atom stereocenters. The second-order valence-electron chi connectivity index (χ2n) is 4.98. The van der Waals surface area contributed by atoms with E-state index >= 15 is 0 Å². The maximum Gasteiger partial charge on any atom is 0.346 e. The van der Waals surface area contributed by atoms with Crippen LogP contribution in [0.15, 0.2) is 9.82 Å². The van der Waals surface area contributed by atoms with E-state index in [1.807, 2.05) is 0 Å². The van der Waals surface area contributed by atoms with Crippen molar-refractivity contribution in [1.29, 1.82) is 0 Å². The number of hydrogen-bond donors (Lipinski definition) is 2. The van der Waals surface area contributed by atoms with E-state index in [1.165, 1.54) is 16.7 Å². The van der Waals surface area contributed by atoms with Crippen LogP contribution in [0.25, 0.3) is 0 Å². The molecule has 1 aromatic rings. The van der Waals surface area contributed by atoms with Crippen LogP contribution in [-0.2, 0) is 4.79 Å². The molecule has 0 saturated carbocycles. The summed E-state index contributed by atoms with van der Waals surface area (Å²) in [5.74, 6) is -1.68. The molecular weight excluding hydrogens is 294 g/mol. The number of aryl methyl sites for hydroxylation is 1. The van der Waals surface area contributed by atoms with Gasteiger partial charge in [-0.3, -0.25) is 9.59 Å². The van der Waals surface area contributed by atoms with E-state index in [0.29, 0.717) is 35.7 Å². The molecule has 2 rings (SSSR count). The number of carboxylic acids is 1. The molecule has 2 N–H and O–H groups in total. The molecule has 1 aliphatic heterocycles. The van der Waals surface area contributed by atoms with Crippen LogP contribution in [0.5, 0.6) is 0 Å². The fourth-order valence-corrected chi connectivity index (χ4v) is 3.10. The van der Waals surface area contributed by atoms with Gasteiger partial charge in [-0.1, -0.05) is 0 Å². The number of piperidine rings is 1. The van der Waals surface area contributed by atoms with E-state index in [1.54, 1.807) is 13.2 Å². The van der Waals surface area contributed by atoms with E-state index < -0.39 is 17.6 Å². The lowest BCUT2D eigenvalue weighted by molar-refractivity contribution is -0.143. The number of carbonyl (C=O) groups is 2. The van der Waals surface area contributed by atoms with Gasteiger partial charge in [-0.05, 0) is 26.0 Å². The molecule has 0 aromatic carbocycles. The lowest BCUT2D eigenvalue weighted by Crippen LogP contribution is -2.43. The average molecular weight is 311 g/mol. The van der Waals surface area contributed by atoms with Crippen LogP contribution in [0.4, 0.5) is 0 Å². The Morgan fingerprint density at radius 2 is 2.19 bits per heavy atom. The number of nitrogens with zero attached hydrogens (tertiary/aromatic N) is 2. The minimum atomic E-state index is -0.881. The Bertz CT molecular complexity index is 628. The van der Waals surface area contributed by atoms with Crippen molar-refractivity contribution in [3.63, 3.8) is 0 Å². The topological polar surface area (TPSA) is 103 Å². The first-order valence-electron chi connectivity index (χ1n) is 6.61. The Morgan fingerprint density at radius 1 is 1.48 bits per heavy atom. The molecular formula is C13H17N3O4S. The molecule has 1 aromatic heterocycles. The lowest BCUT2D eigenvalue weighted by atomic mass is 9.97. The summed E-state index contributed by atoms with van der Waals surface area (Å²) in [4.78, 5) is 43.0. The highest BCUT2D eigenvalue weighted by atomic mass is 32.2. The predicted octanol–water partition coefficient (Wildman–Crippen LogP) is 0.737. The molecule has 0 radical (unpaired) electrons. The normalized spacial score (nSPS) is 18.6. The van der Waals surface area contributed by atoms with Crippen molar-refractivity contribution in [3.05, 3.63) is 21.7 Å². The molecule has 2 heterocycles. The first-order chi connectivity index (χ1) is 9.93. The van der Waals surface area contributed by atoms with Crippen molar-refractivity contribution in [1.82, 2.24) is 14.9 Å². The molecule has 1 saturated heterocycles.